The summed E-state index contributed by atoms with van der Waals surface area (Å²) >= 11 is 0. The Morgan fingerprint density at radius 2 is 1.95 bits per heavy atom. The molecule has 0 amide bonds. The zero-order chi connectivity index (χ0) is 14.3. The minimum absolute atomic E-state index is 0.132. The SMILES string of the molecule is CCCNC(CC(C)CCC)c1cc(F)ccc1C. The number of benzene rings is 1. The molecular weight excluding hydrogens is 237 g/mol. The van der Waals surface area contributed by atoms with E-state index in [4.69, 9.17) is 0 Å². The number of halogens is 1. The minimum atomic E-state index is -0.132. The van der Waals surface area contributed by atoms with Crippen LogP contribution in [0.4, 0.5) is 4.39 Å². The number of rotatable bonds is 8. The molecule has 0 saturated heterocycles. The van der Waals surface area contributed by atoms with Crippen LogP contribution in [-0.2, 0) is 0 Å². The van der Waals surface area contributed by atoms with Crippen LogP contribution in [0.5, 0.6) is 0 Å². The molecule has 1 aromatic rings. The van der Waals surface area contributed by atoms with E-state index in [0.717, 1.165) is 24.9 Å². The summed E-state index contributed by atoms with van der Waals surface area (Å²) in [4.78, 5) is 0. The summed E-state index contributed by atoms with van der Waals surface area (Å²) in [5, 5.41) is 3.58. The molecule has 2 heteroatoms. The molecule has 0 aliphatic carbocycles. The van der Waals surface area contributed by atoms with Crippen LogP contribution in [0.2, 0.25) is 0 Å². The summed E-state index contributed by atoms with van der Waals surface area (Å²) in [5.41, 5.74) is 2.30. The Hall–Kier alpha value is -0.890. The van der Waals surface area contributed by atoms with Crippen LogP contribution < -0.4 is 5.32 Å². The van der Waals surface area contributed by atoms with E-state index in [0.29, 0.717) is 5.92 Å². The van der Waals surface area contributed by atoms with Gasteiger partial charge in [-0.15, -0.1) is 0 Å². The number of hydrogen-bond acceptors (Lipinski definition) is 1. The standard InChI is InChI=1S/C17H28FN/c1-5-7-13(3)11-17(19-10-6-2)16-12-15(18)9-8-14(16)4/h8-9,12-13,17,19H,5-7,10-11H2,1-4H3. The van der Waals surface area contributed by atoms with Crippen molar-refractivity contribution in [1.29, 1.82) is 0 Å². The first-order chi connectivity index (χ1) is 9.08. The second-order valence-electron chi connectivity index (χ2n) is 5.64. The summed E-state index contributed by atoms with van der Waals surface area (Å²) < 4.78 is 13.5. The number of hydrogen-bond donors (Lipinski definition) is 1. The topological polar surface area (TPSA) is 12.0 Å². The van der Waals surface area contributed by atoms with Gasteiger partial charge in [0.1, 0.15) is 5.82 Å². The zero-order valence-electron chi connectivity index (χ0n) is 12.8. The summed E-state index contributed by atoms with van der Waals surface area (Å²) in [6.07, 6.45) is 4.63. The minimum Gasteiger partial charge on any atom is -0.310 e. The van der Waals surface area contributed by atoms with E-state index in [1.54, 1.807) is 12.1 Å². The maximum Gasteiger partial charge on any atom is 0.123 e. The molecule has 19 heavy (non-hydrogen) atoms. The summed E-state index contributed by atoms with van der Waals surface area (Å²) in [7, 11) is 0. The van der Waals surface area contributed by atoms with Crippen LogP contribution in [0.3, 0.4) is 0 Å². The number of nitrogens with one attached hydrogen (secondary N) is 1. The van der Waals surface area contributed by atoms with Crippen molar-refractivity contribution in [1.82, 2.24) is 5.32 Å². The molecule has 0 fully saturated rings. The monoisotopic (exact) mass is 265 g/mol. The van der Waals surface area contributed by atoms with Gasteiger partial charge in [-0.2, -0.15) is 0 Å². The first-order valence-electron chi connectivity index (χ1n) is 7.57. The Morgan fingerprint density at radius 1 is 1.21 bits per heavy atom. The van der Waals surface area contributed by atoms with Crippen molar-refractivity contribution in [2.75, 3.05) is 6.54 Å². The highest BCUT2D eigenvalue weighted by Gasteiger charge is 2.16. The molecule has 0 spiro atoms. The normalized spacial score (nSPS) is 14.4. The van der Waals surface area contributed by atoms with E-state index < -0.39 is 0 Å². The second-order valence-corrected chi connectivity index (χ2v) is 5.64. The molecule has 0 aliphatic heterocycles. The van der Waals surface area contributed by atoms with Crippen molar-refractivity contribution in [2.45, 2.75) is 59.4 Å². The van der Waals surface area contributed by atoms with Crippen LogP contribution in [0.15, 0.2) is 18.2 Å². The van der Waals surface area contributed by atoms with Gasteiger partial charge in [-0.1, -0.05) is 39.7 Å². The molecule has 0 bridgehead atoms. The van der Waals surface area contributed by atoms with Crippen molar-refractivity contribution in [3.63, 3.8) is 0 Å². The highest BCUT2D eigenvalue weighted by Crippen LogP contribution is 2.27. The molecule has 2 atom stereocenters. The van der Waals surface area contributed by atoms with Crippen molar-refractivity contribution < 1.29 is 4.39 Å². The van der Waals surface area contributed by atoms with E-state index in [1.807, 2.05) is 6.07 Å². The molecule has 1 nitrogen and oxygen atoms in total. The van der Waals surface area contributed by atoms with Gasteiger partial charge in [0.2, 0.25) is 0 Å². The second kappa shape index (κ2) is 8.31. The van der Waals surface area contributed by atoms with Gasteiger partial charge < -0.3 is 5.32 Å². The third-order valence-electron chi connectivity index (χ3n) is 3.68. The van der Waals surface area contributed by atoms with Crippen molar-refractivity contribution >= 4 is 0 Å². The predicted molar refractivity (Wildman–Crippen MR) is 80.9 cm³/mol. The fourth-order valence-electron chi connectivity index (χ4n) is 2.64. The fraction of sp³-hybridized carbons (Fsp3) is 0.647. The Balaban J connectivity index is 2.85. The molecule has 0 heterocycles. The van der Waals surface area contributed by atoms with Crippen LogP contribution in [-0.4, -0.2) is 6.54 Å². The smallest absolute Gasteiger partial charge is 0.123 e. The zero-order valence-corrected chi connectivity index (χ0v) is 12.8. The van der Waals surface area contributed by atoms with Gasteiger partial charge in [0.15, 0.2) is 0 Å². The van der Waals surface area contributed by atoms with E-state index in [9.17, 15) is 4.39 Å². The average molecular weight is 265 g/mol. The maximum absolute atomic E-state index is 13.5. The van der Waals surface area contributed by atoms with E-state index in [2.05, 4.69) is 33.0 Å². The van der Waals surface area contributed by atoms with E-state index >= 15 is 0 Å². The molecule has 1 aromatic carbocycles. The van der Waals surface area contributed by atoms with E-state index in [-0.39, 0.29) is 11.9 Å². The fourth-order valence-corrected chi connectivity index (χ4v) is 2.64. The van der Waals surface area contributed by atoms with Crippen LogP contribution in [0.1, 0.15) is 63.6 Å². The lowest BCUT2D eigenvalue weighted by molar-refractivity contribution is 0.388. The third-order valence-corrected chi connectivity index (χ3v) is 3.68. The third kappa shape index (κ3) is 5.32. The maximum atomic E-state index is 13.5. The molecule has 2 unspecified atom stereocenters. The average Bonchev–Trinajstić information content (AvgIpc) is 2.38. The molecule has 0 aliphatic rings. The molecule has 108 valence electrons. The van der Waals surface area contributed by atoms with Crippen LogP contribution in [0.25, 0.3) is 0 Å². The van der Waals surface area contributed by atoms with Crippen LogP contribution >= 0.6 is 0 Å². The largest absolute Gasteiger partial charge is 0.310 e. The Kier molecular flexibility index (Phi) is 7.07. The summed E-state index contributed by atoms with van der Waals surface area (Å²) in [6.45, 7) is 9.73. The van der Waals surface area contributed by atoms with Crippen molar-refractivity contribution in [2.24, 2.45) is 5.92 Å². The lowest BCUT2D eigenvalue weighted by Crippen LogP contribution is -2.25. The Bertz CT molecular complexity index is 376. The molecule has 0 saturated carbocycles. The van der Waals surface area contributed by atoms with Gasteiger partial charge >= 0.3 is 0 Å². The van der Waals surface area contributed by atoms with Gasteiger partial charge in [0.05, 0.1) is 0 Å². The van der Waals surface area contributed by atoms with Crippen LogP contribution in [0, 0.1) is 18.7 Å². The summed E-state index contributed by atoms with van der Waals surface area (Å²) in [5.74, 6) is 0.536. The van der Waals surface area contributed by atoms with Gasteiger partial charge in [0, 0.05) is 6.04 Å². The van der Waals surface area contributed by atoms with Gasteiger partial charge in [0.25, 0.3) is 0 Å². The highest BCUT2D eigenvalue weighted by atomic mass is 19.1. The van der Waals surface area contributed by atoms with Gasteiger partial charge in [-0.3, -0.25) is 0 Å². The predicted octanol–water partition coefficient (Wildman–Crippen LogP) is 5.00. The molecule has 1 N–H and O–H groups in total. The van der Waals surface area contributed by atoms with Gasteiger partial charge in [-0.25, -0.2) is 4.39 Å². The van der Waals surface area contributed by atoms with Gasteiger partial charge in [-0.05, 0) is 55.5 Å². The molecular formula is C17H28FN. The highest BCUT2D eigenvalue weighted by molar-refractivity contribution is 5.29. The van der Waals surface area contributed by atoms with Crippen molar-refractivity contribution in [3.8, 4) is 0 Å². The molecule has 0 aromatic heterocycles. The number of aryl methyl sites for hydroxylation is 1. The van der Waals surface area contributed by atoms with E-state index in [1.165, 1.54) is 18.4 Å². The summed E-state index contributed by atoms with van der Waals surface area (Å²) in [6, 6.07) is 5.40. The van der Waals surface area contributed by atoms with Crippen molar-refractivity contribution in [3.05, 3.63) is 35.1 Å². The Labute approximate surface area is 117 Å². The Morgan fingerprint density at radius 3 is 2.58 bits per heavy atom. The molecule has 0 radical (unpaired) electrons. The first-order valence-corrected chi connectivity index (χ1v) is 7.57. The molecule has 1 rings (SSSR count). The quantitative estimate of drug-likeness (QED) is 0.697. The lowest BCUT2D eigenvalue weighted by Gasteiger charge is -2.24. The first kappa shape index (κ1) is 16.2. The lowest BCUT2D eigenvalue weighted by atomic mass is 9.90.